The minimum atomic E-state index is -1.28. The Morgan fingerprint density at radius 1 is 1.12 bits per heavy atom. The smallest absolute Gasteiger partial charge is 0.313 e. The molecule has 0 aliphatic carbocycles. The fourth-order valence-corrected chi connectivity index (χ4v) is 8.59. The molecule has 3 amide bonds. The van der Waals surface area contributed by atoms with E-state index in [0.29, 0.717) is 24.9 Å². The lowest BCUT2D eigenvalue weighted by molar-refractivity contribution is -0.164. The number of ether oxygens (including phenoxy) is 2. The van der Waals surface area contributed by atoms with Gasteiger partial charge in [0.25, 0.3) is 0 Å². The zero-order valence-electron chi connectivity index (χ0n) is 28.2. The molecule has 3 fully saturated rings. The number of allylic oxidation sites excluding steroid dienone is 1. The van der Waals surface area contributed by atoms with Crippen LogP contribution in [-0.4, -0.2) is 98.9 Å². The number of aliphatic hydroxyl groups excluding tert-OH is 1. The summed E-state index contributed by atoms with van der Waals surface area (Å²) in [6.45, 7) is 9.90. The Bertz CT molecular complexity index is 1520. The van der Waals surface area contributed by atoms with Crippen LogP contribution in [0.2, 0.25) is 0 Å². The summed E-state index contributed by atoms with van der Waals surface area (Å²) in [7, 11) is 1.68. The molecule has 262 valence electrons. The summed E-state index contributed by atoms with van der Waals surface area (Å²) >= 11 is 3.73. The van der Waals surface area contributed by atoms with E-state index >= 15 is 0 Å². The van der Waals surface area contributed by atoms with Crippen molar-refractivity contribution < 1.29 is 33.8 Å². The number of carbonyl (C=O) groups is 4. The summed E-state index contributed by atoms with van der Waals surface area (Å²) in [6.07, 6.45) is 3.19. The number of aliphatic hydroxyl groups is 1. The van der Waals surface area contributed by atoms with Crippen LogP contribution < -0.4 is 0 Å². The number of benzene rings is 2. The standard InChI is InChI=1S/C38H46BrN3O7/c1-5-7-19-29(44)40(4)25(3)32(27-17-12-9-13-18-27)48-37(47)30-31-35(45)42(21-14-22-43)34(38(31)23-28(39)33(30)49-38)36(46)41(20-6-2)24-26-15-10-8-11-16-26/h5-6,8-13,15-18,25,28,30-34,43H,1-2,7,14,19-24H2,3-4H3/t25-,28?,30+,31-,32+,33+,34+,38-/m0/s1. The number of rotatable bonds is 16. The van der Waals surface area contributed by atoms with Gasteiger partial charge >= 0.3 is 5.97 Å². The van der Waals surface area contributed by atoms with Crippen LogP contribution in [0.1, 0.15) is 49.8 Å². The average molecular weight is 737 g/mol. The predicted octanol–water partition coefficient (Wildman–Crippen LogP) is 4.43. The van der Waals surface area contributed by atoms with Crippen molar-refractivity contribution in [2.75, 3.05) is 26.7 Å². The van der Waals surface area contributed by atoms with Crippen molar-refractivity contribution in [1.29, 1.82) is 0 Å². The van der Waals surface area contributed by atoms with E-state index in [1.54, 1.807) is 29.0 Å². The lowest BCUT2D eigenvalue weighted by Crippen LogP contribution is -2.56. The Balaban J connectivity index is 1.48. The quantitative estimate of drug-likeness (QED) is 0.154. The molecule has 1 unspecified atom stereocenters. The Labute approximate surface area is 296 Å². The predicted molar refractivity (Wildman–Crippen MR) is 188 cm³/mol. The van der Waals surface area contributed by atoms with Gasteiger partial charge in [-0.2, -0.15) is 0 Å². The molecule has 1 spiro atoms. The molecule has 2 bridgehead atoms. The van der Waals surface area contributed by atoms with E-state index in [2.05, 4.69) is 29.1 Å². The molecule has 3 aliphatic heterocycles. The van der Waals surface area contributed by atoms with Gasteiger partial charge in [0.15, 0.2) is 0 Å². The second-order valence-corrected chi connectivity index (χ2v) is 14.3. The van der Waals surface area contributed by atoms with E-state index in [1.165, 1.54) is 4.90 Å². The molecule has 3 saturated heterocycles. The third-order valence-corrected chi connectivity index (χ3v) is 11.0. The number of likely N-dealkylation sites (N-methyl/N-ethyl adjacent to an activating group) is 1. The zero-order chi connectivity index (χ0) is 35.3. The first-order valence-electron chi connectivity index (χ1n) is 16.9. The van der Waals surface area contributed by atoms with Gasteiger partial charge in [0, 0.05) is 44.5 Å². The van der Waals surface area contributed by atoms with Gasteiger partial charge in [-0.15, -0.1) is 13.2 Å². The number of esters is 1. The van der Waals surface area contributed by atoms with E-state index in [-0.39, 0.29) is 55.1 Å². The van der Waals surface area contributed by atoms with Gasteiger partial charge in [0.1, 0.15) is 17.7 Å². The number of amides is 3. The minimum absolute atomic E-state index is 0.112. The number of carbonyl (C=O) groups excluding carboxylic acids is 4. The number of fused-ring (bicyclic) bond motifs is 1. The van der Waals surface area contributed by atoms with E-state index < -0.39 is 47.7 Å². The Hall–Kier alpha value is -3.80. The summed E-state index contributed by atoms with van der Waals surface area (Å²) in [5.74, 6) is -3.37. The van der Waals surface area contributed by atoms with Crippen LogP contribution in [0, 0.1) is 11.8 Å². The third-order valence-electron chi connectivity index (χ3n) is 10.1. The molecule has 11 heteroatoms. The number of halogens is 1. The first-order valence-corrected chi connectivity index (χ1v) is 17.8. The van der Waals surface area contributed by atoms with Crippen molar-refractivity contribution >= 4 is 39.6 Å². The minimum Gasteiger partial charge on any atom is -0.455 e. The molecule has 10 nitrogen and oxygen atoms in total. The van der Waals surface area contributed by atoms with Gasteiger partial charge < -0.3 is 29.3 Å². The summed E-state index contributed by atoms with van der Waals surface area (Å²) in [4.78, 5) is 60.9. The lowest BCUT2D eigenvalue weighted by Gasteiger charge is -2.37. The molecule has 3 aliphatic rings. The lowest BCUT2D eigenvalue weighted by atomic mass is 9.70. The number of nitrogens with zero attached hydrogens (tertiary/aromatic N) is 3. The van der Waals surface area contributed by atoms with Gasteiger partial charge in [0.2, 0.25) is 17.7 Å². The zero-order valence-corrected chi connectivity index (χ0v) is 29.7. The Kier molecular flexibility index (Phi) is 11.8. The van der Waals surface area contributed by atoms with E-state index in [0.717, 1.165) is 5.56 Å². The molecular formula is C38H46BrN3O7. The largest absolute Gasteiger partial charge is 0.455 e. The molecule has 1 N–H and O–H groups in total. The second-order valence-electron chi connectivity index (χ2n) is 13.1. The van der Waals surface area contributed by atoms with Crippen LogP contribution in [0.25, 0.3) is 0 Å². The first kappa shape index (κ1) is 36.5. The maximum Gasteiger partial charge on any atom is 0.313 e. The molecule has 49 heavy (non-hydrogen) atoms. The molecule has 0 saturated carbocycles. The van der Waals surface area contributed by atoms with E-state index in [4.69, 9.17) is 9.47 Å². The maximum absolute atomic E-state index is 14.6. The molecule has 0 radical (unpaired) electrons. The van der Waals surface area contributed by atoms with Crippen LogP contribution in [0.5, 0.6) is 0 Å². The Morgan fingerprint density at radius 3 is 2.43 bits per heavy atom. The highest BCUT2D eigenvalue weighted by Crippen LogP contribution is 2.60. The second kappa shape index (κ2) is 15.8. The van der Waals surface area contributed by atoms with Crippen molar-refractivity contribution in [1.82, 2.24) is 14.7 Å². The number of hydrogen-bond donors (Lipinski definition) is 1. The van der Waals surface area contributed by atoms with Crippen molar-refractivity contribution in [2.45, 2.75) is 73.9 Å². The van der Waals surface area contributed by atoms with Gasteiger partial charge in [-0.3, -0.25) is 19.2 Å². The van der Waals surface area contributed by atoms with Crippen molar-refractivity contribution in [3.63, 3.8) is 0 Å². The summed E-state index contributed by atoms with van der Waals surface area (Å²) < 4.78 is 13.0. The molecular weight excluding hydrogens is 690 g/mol. The van der Waals surface area contributed by atoms with Gasteiger partial charge in [0.05, 0.1) is 24.0 Å². The molecule has 2 aromatic carbocycles. The van der Waals surface area contributed by atoms with Crippen molar-refractivity contribution in [3.05, 3.63) is 97.1 Å². The summed E-state index contributed by atoms with van der Waals surface area (Å²) in [5.41, 5.74) is 0.341. The van der Waals surface area contributed by atoms with Crippen molar-refractivity contribution in [3.8, 4) is 0 Å². The van der Waals surface area contributed by atoms with Gasteiger partial charge in [-0.25, -0.2) is 0 Å². The maximum atomic E-state index is 14.6. The molecule has 5 rings (SSSR count). The van der Waals surface area contributed by atoms with Crippen LogP contribution in [0.3, 0.4) is 0 Å². The van der Waals surface area contributed by atoms with Gasteiger partial charge in [-0.05, 0) is 37.3 Å². The summed E-state index contributed by atoms with van der Waals surface area (Å²) in [5, 5.41) is 9.74. The van der Waals surface area contributed by atoms with Crippen LogP contribution in [0.4, 0.5) is 0 Å². The first-order chi connectivity index (χ1) is 23.6. The summed E-state index contributed by atoms with van der Waals surface area (Å²) in [6, 6.07) is 17.3. The molecule has 2 aromatic rings. The van der Waals surface area contributed by atoms with Crippen molar-refractivity contribution in [2.24, 2.45) is 11.8 Å². The van der Waals surface area contributed by atoms with E-state index in [1.807, 2.05) is 67.6 Å². The van der Waals surface area contributed by atoms with Crippen LogP contribution in [-0.2, 0) is 35.2 Å². The van der Waals surface area contributed by atoms with E-state index in [9.17, 15) is 24.3 Å². The van der Waals surface area contributed by atoms with Crippen LogP contribution in [0.15, 0.2) is 86.0 Å². The number of likely N-dealkylation sites (tertiary alicyclic amines) is 1. The highest BCUT2D eigenvalue weighted by Gasteiger charge is 2.77. The number of alkyl halides is 1. The highest BCUT2D eigenvalue weighted by molar-refractivity contribution is 9.09. The highest BCUT2D eigenvalue weighted by atomic mass is 79.9. The SMILES string of the molecule is C=CCCC(=O)N(C)[C@@H](C)[C@@H](OC(=O)[C@H]1[C@@H]2O[C@@]3(CC2Br)[C@@H]1C(=O)N(CCCO)[C@@H]3C(=O)N(CC=C)Cc1ccccc1)c1ccccc1. The normalized spacial score (nSPS) is 26.5. The fraction of sp³-hybridized carbons (Fsp3) is 0.474. The molecule has 3 heterocycles. The topological polar surface area (TPSA) is 117 Å². The third kappa shape index (κ3) is 7.11. The monoisotopic (exact) mass is 735 g/mol. The fourth-order valence-electron chi connectivity index (χ4n) is 7.65. The average Bonchev–Trinajstić information content (AvgIpc) is 3.71. The number of hydrogen-bond acceptors (Lipinski definition) is 7. The molecule has 8 atom stereocenters. The van der Waals surface area contributed by atoms with Crippen LogP contribution >= 0.6 is 15.9 Å². The Morgan fingerprint density at radius 2 is 1.80 bits per heavy atom. The molecule has 0 aromatic heterocycles. The van der Waals surface area contributed by atoms with Gasteiger partial charge in [-0.1, -0.05) is 88.7 Å².